The normalized spacial score (nSPS) is 11.2. The Hall–Kier alpha value is -2.26. The van der Waals surface area contributed by atoms with Crippen LogP contribution in [0.25, 0.3) is 0 Å². The maximum atomic E-state index is 12.2. The molecule has 20 heavy (non-hydrogen) atoms. The number of rotatable bonds is 5. The van der Waals surface area contributed by atoms with Gasteiger partial charge < -0.3 is 19.8 Å². The molecule has 0 aromatic carbocycles. The van der Waals surface area contributed by atoms with Gasteiger partial charge in [-0.25, -0.2) is 4.79 Å². The molecule has 0 aliphatic heterocycles. The first-order valence-corrected chi connectivity index (χ1v) is 5.41. The van der Waals surface area contributed by atoms with Crippen LogP contribution in [0.3, 0.4) is 0 Å². The highest BCUT2D eigenvalue weighted by Crippen LogP contribution is 2.16. The molecule has 2 amide bonds. The second kappa shape index (κ2) is 6.26. The molecule has 0 bridgehead atoms. The Morgan fingerprint density at radius 2 is 2.15 bits per heavy atom. The highest BCUT2D eigenvalue weighted by Gasteiger charge is 2.34. The van der Waals surface area contributed by atoms with E-state index in [0.717, 1.165) is 0 Å². The summed E-state index contributed by atoms with van der Waals surface area (Å²) >= 11 is 0. The number of amides is 2. The molecule has 0 atom stereocenters. The Balaban J connectivity index is 2.60. The second-order valence-electron chi connectivity index (χ2n) is 3.95. The molecule has 1 aromatic rings. The van der Waals surface area contributed by atoms with Gasteiger partial charge in [-0.1, -0.05) is 5.16 Å². The topological polar surface area (TPSA) is 95.7 Å². The van der Waals surface area contributed by atoms with Gasteiger partial charge in [-0.15, -0.1) is 0 Å². The number of carbonyl (C=O) groups is 2. The minimum absolute atomic E-state index is 0.148. The number of aryl methyl sites for hydroxylation is 1. The summed E-state index contributed by atoms with van der Waals surface area (Å²) in [6.45, 7) is -1.25. The highest BCUT2D eigenvalue weighted by molar-refractivity contribution is 5.80. The van der Waals surface area contributed by atoms with Gasteiger partial charge >= 0.3 is 18.2 Å². The monoisotopic (exact) mass is 295 g/mol. The van der Waals surface area contributed by atoms with E-state index in [4.69, 9.17) is 9.63 Å². The van der Waals surface area contributed by atoms with Crippen LogP contribution in [0.1, 0.15) is 11.5 Å². The quantitative estimate of drug-likeness (QED) is 0.849. The zero-order valence-electron chi connectivity index (χ0n) is 10.4. The Morgan fingerprint density at radius 3 is 2.60 bits per heavy atom. The van der Waals surface area contributed by atoms with Gasteiger partial charge in [0.25, 0.3) is 0 Å². The van der Waals surface area contributed by atoms with Gasteiger partial charge in [0.05, 0.1) is 6.54 Å². The fourth-order valence-electron chi connectivity index (χ4n) is 1.36. The maximum Gasteiger partial charge on any atom is 0.406 e. The number of aromatic nitrogens is 1. The van der Waals surface area contributed by atoms with Gasteiger partial charge in [0.1, 0.15) is 24.5 Å². The van der Waals surface area contributed by atoms with Crippen LogP contribution < -0.4 is 5.32 Å². The van der Waals surface area contributed by atoms with Crippen molar-refractivity contribution in [1.82, 2.24) is 15.4 Å². The smallest absolute Gasteiger partial charge is 0.406 e. The van der Waals surface area contributed by atoms with Gasteiger partial charge in [-0.3, -0.25) is 4.79 Å². The summed E-state index contributed by atoms with van der Waals surface area (Å²) in [5, 5.41) is 14.2. The summed E-state index contributed by atoms with van der Waals surface area (Å²) in [6.07, 6.45) is -4.68. The zero-order valence-corrected chi connectivity index (χ0v) is 10.4. The SMILES string of the molecule is Cc1cc(CNC(=O)N(CC(=O)O)CC(F)(F)F)no1. The fraction of sp³-hybridized carbons (Fsp3) is 0.500. The first-order chi connectivity index (χ1) is 9.17. The number of hydrogen-bond acceptors (Lipinski definition) is 4. The van der Waals surface area contributed by atoms with Crippen molar-refractivity contribution in [3.63, 3.8) is 0 Å². The summed E-state index contributed by atoms with van der Waals surface area (Å²) in [5.41, 5.74) is 0.318. The maximum absolute atomic E-state index is 12.2. The van der Waals surface area contributed by atoms with E-state index in [2.05, 4.69) is 10.5 Å². The van der Waals surface area contributed by atoms with Crippen LogP contribution >= 0.6 is 0 Å². The van der Waals surface area contributed by atoms with Gasteiger partial charge in [0, 0.05) is 6.07 Å². The van der Waals surface area contributed by atoms with Gasteiger partial charge in [0.15, 0.2) is 0 Å². The molecule has 0 fully saturated rings. The minimum Gasteiger partial charge on any atom is -0.480 e. The van der Waals surface area contributed by atoms with Crippen molar-refractivity contribution in [3.05, 3.63) is 17.5 Å². The average molecular weight is 295 g/mol. The van der Waals surface area contributed by atoms with Crippen LogP contribution in [-0.4, -0.2) is 46.4 Å². The third kappa shape index (κ3) is 5.59. The molecule has 0 aliphatic carbocycles. The molecule has 7 nitrogen and oxygen atoms in total. The van der Waals surface area contributed by atoms with E-state index >= 15 is 0 Å². The summed E-state index contributed by atoms with van der Waals surface area (Å²) in [5.74, 6) is -1.06. The Bertz CT molecular complexity index is 486. The molecule has 0 spiro atoms. The number of alkyl halides is 3. The van der Waals surface area contributed by atoms with E-state index in [1.807, 2.05) is 0 Å². The number of nitrogens with zero attached hydrogens (tertiary/aromatic N) is 2. The molecule has 2 N–H and O–H groups in total. The van der Waals surface area contributed by atoms with Gasteiger partial charge in [0.2, 0.25) is 0 Å². The summed E-state index contributed by atoms with van der Waals surface area (Å²) in [7, 11) is 0. The van der Waals surface area contributed by atoms with Crippen molar-refractivity contribution < 1.29 is 32.4 Å². The standard InChI is InChI=1S/C10H12F3N3O4/c1-6-2-7(15-20-6)3-14-9(19)16(4-8(17)18)5-10(11,12)13/h2H,3-5H2,1H3,(H,14,19)(H,17,18). The first kappa shape index (κ1) is 15.8. The molecule has 1 aromatic heterocycles. The second-order valence-corrected chi connectivity index (χ2v) is 3.95. The lowest BCUT2D eigenvalue weighted by atomic mass is 10.4. The summed E-state index contributed by atoms with van der Waals surface area (Å²) < 4.78 is 41.4. The number of hydrogen-bond donors (Lipinski definition) is 2. The van der Waals surface area contributed by atoms with Crippen LogP contribution in [0.4, 0.5) is 18.0 Å². The molecule has 0 saturated heterocycles. The molecule has 0 aliphatic rings. The van der Waals surface area contributed by atoms with E-state index in [-0.39, 0.29) is 11.4 Å². The van der Waals surface area contributed by atoms with Crippen molar-refractivity contribution in [2.75, 3.05) is 13.1 Å². The lowest BCUT2D eigenvalue weighted by Crippen LogP contribution is -2.46. The van der Waals surface area contributed by atoms with Crippen LogP contribution in [0, 0.1) is 6.92 Å². The van der Waals surface area contributed by atoms with Crippen LogP contribution in [0.2, 0.25) is 0 Å². The van der Waals surface area contributed by atoms with Crippen molar-refractivity contribution in [2.45, 2.75) is 19.6 Å². The molecule has 1 rings (SSSR count). The van der Waals surface area contributed by atoms with E-state index in [0.29, 0.717) is 11.5 Å². The average Bonchev–Trinajstić information content (AvgIpc) is 2.68. The van der Waals surface area contributed by atoms with E-state index in [1.54, 1.807) is 6.92 Å². The molecule has 0 unspecified atom stereocenters. The van der Waals surface area contributed by atoms with Crippen molar-refractivity contribution >= 4 is 12.0 Å². The first-order valence-electron chi connectivity index (χ1n) is 5.41. The van der Waals surface area contributed by atoms with Crippen molar-refractivity contribution in [2.24, 2.45) is 0 Å². The third-order valence-electron chi connectivity index (χ3n) is 2.08. The largest absolute Gasteiger partial charge is 0.480 e. The lowest BCUT2D eigenvalue weighted by molar-refractivity contribution is -0.148. The molecule has 10 heteroatoms. The van der Waals surface area contributed by atoms with Crippen molar-refractivity contribution in [3.8, 4) is 0 Å². The Morgan fingerprint density at radius 1 is 1.50 bits per heavy atom. The number of aliphatic carboxylic acids is 1. The summed E-state index contributed by atoms with van der Waals surface area (Å²) in [6, 6.07) is 0.344. The summed E-state index contributed by atoms with van der Waals surface area (Å²) in [4.78, 5) is 22.1. The van der Waals surface area contributed by atoms with Crippen LogP contribution in [-0.2, 0) is 11.3 Å². The predicted octanol–water partition coefficient (Wildman–Crippen LogP) is 1.14. The molecular weight excluding hydrogens is 283 g/mol. The third-order valence-corrected chi connectivity index (χ3v) is 2.08. The van der Waals surface area contributed by atoms with Crippen LogP contribution in [0.15, 0.2) is 10.6 Å². The van der Waals surface area contributed by atoms with Gasteiger partial charge in [-0.2, -0.15) is 13.2 Å². The van der Waals surface area contributed by atoms with E-state index < -0.39 is 31.3 Å². The molecular formula is C10H12F3N3O4. The Kier molecular flexibility index (Phi) is 4.94. The number of carboxylic acids is 1. The van der Waals surface area contributed by atoms with Crippen LogP contribution in [0.5, 0.6) is 0 Å². The molecule has 0 radical (unpaired) electrons. The number of carbonyl (C=O) groups excluding carboxylic acids is 1. The number of urea groups is 1. The van der Waals surface area contributed by atoms with E-state index in [1.165, 1.54) is 6.07 Å². The fourth-order valence-corrected chi connectivity index (χ4v) is 1.36. The molecule has 1 heterocycles. The molecule has 112 valence electrons. The predicted molar refractivity (Wildman–Crippen MR) is 58.7 cm³/mol. The molecule has 0 saturated carbocycles. The zero-order chi connectivity index (χ0) is 15.3. The van der Waals surface area contributed by atoms with Crippen molar-refractivity contribution in [1.29, 1.82) is 0 Å². The number of nitrogens with one attached hydrogen (secondary N) is 1. The van der Waals surface area contributed by atoms with Gasteiger partial charge in [-0.05, 0) is 6.92 Å². The lowest BCUT2D eigenvalue weighted by Gasteiger charge is -2.22. The number of halogens is 3. The highest BCUT2D eigenvalue weighted by atomic mass is 19.4. The minimum atomic E-state index is -4.68. The Labute approximate surface area is 111 Å². The number of carboxylic acid groups (broad SMARTS) is 1. The van der Waals surface area contributed by atoms with E-state index in [9.17, 15) is 22.8 Å².